The van der Waals surface area contributed by atoms with Crippen LogP contribution in [0.2, 0.25) is 0 Å². The fourth-order valence-corrected chi connectivity index (χ4v) is 1.16. The summed E-state index contributed by atoms with van der Waals surface area (Å²) in [6, 6.07) is 9.62. The second kappa shape index (κ2) is 5.80. The molecule has 0 spiro atoms. The van der Waals surface area contributed by atoms with Crippen LogP contribution in [0.4, 0.5) is 0 Å². The number of rotatable bonds is 2. The van der Waals surface area contributed by atoms with Gasteiger partial charge >= 0.3 is 0 Å². The van der Waals surface area contributed by atoms with E-state index in [-0.39, 0.29) is 13.0 Å². The second-order valence-electron chi connectivity index (χ2n) is 2.77. The summed E-state index contributed by atoms with van der Waals surface area (Å²) < 4.78 is 0. The Hall–Kier alpha value is -1.77. The zero-order chi connectivity index (χ0) is 10.2. The molecule has 0 radical (unpaired) electrons. The minimum atomic E-state index is 0.122. The lowest BCUT2D eigenvalue weighted by molar-refractivity contribution is 0.299. The molecule has 1 aromatic rings. The van der Waals surface area contributed by atoms with Gasteiger partial charge in [0, 0.05) is 12.2 Å². The molecule has 0 atom stereocenters. The highest BCUT2D eigenvalue weighted by Crippen LogP contribution is 2.07. The van der Waals surface area contributed by atoms with Crippen LogP contribution in [0.1, 0.15) is 17.5 Å². The summed E-state index contributed by atoms with van der Waals surface area (Å²) >= 11 is 0. The molecule has 0 fully saturated rings. The normalized spacial score (nSPS) is 8.57. The van der Waals surface area contributed by atoms with Gasteiger partial charge in [0.1, 0.15) is 0 Å². The van der Waals surface area contributed by atoms with Gasteiger partial charge in [0.25, 0.3) is 0 Å². The molecule has 0 aliphatic rings. The van der Waals surface area contributed by atoms with E-state index in [4.69, 9.17) is 10.4 Å². The number of nitrogens with zero attached hydrogens (tertiary/aromatic N) is 1. The summed E-state index contributed by atoms with van der Waals surface area (Å²) in [6.45, 7) is 0.122. The molecule has 2 nitrogen and oxygen atoms in total. The maximum Gasteiger partial charge on any atom is 0.0966 e. The van der Waals surface area contributed by atoms with E-state index in [2.05, 4.69) is 11.8 Å². The Morgan fingerprint density at radius 3 is 2.79 bits per heavy atom. The van der Waals surface area contributed by atoms with Gasteiger partial charge in [-0.3, -0.25) is 0 Å². The molecule has 1 N–H and O–H groups in total. The summed E-state index contributed by atoms with van der Waals surface area (Å²) in [5, 5.41) is 17.1. The minimum Gasteiger partial charge on any atom is -0.396 e. The van der Waals surface area contributed by atoms with Crippen LogP contribution in [0, 0.1) is 23.2 Å². The van der Waals surface area contributed by atoms with E-state index in [0.29, 0.717) is 6.42 Å². The predicted octanol–water partition coefficient (Wildman–Crippen LogP) is 1.49. The lowest BCUT2D eigenvalue weighted by atomic mass is 10.1. The Kier molecular flexibility index (Phi) is 4.27. The Morgan fingerprint density at radius 1 is 1.29 bits per heavy atom. The molecular formula is C12H11NO. The SMILES string of the molecule is N#CCC#Cc1ccccc1CCO. The number of nitriles is 1. The van der Waals surface area contributed by atoms with E-state index in [0.717, 1.165) is 11.1 Å². The van der Waals surface area contributed by atoms with Crippen molar-refractivity contribution in [3.8, 4) is 17.9 Å². The summed E-state index contributed by atoms with van der Waals surface area (Å²) in [7, 11) is 0. The van der Waals surface area contributed by atoms with Gasteiger partial charge in [-0.1, -0.05) is 30.0 Å². The number of aliphatic hydroxyl groups excluding tert-OH is 1. The predicted molar refractivity (Wildman–Crippen MR) is 54.3 cm³/mol. The lowest BCUT2D eigenvalue weighted by Gasteiger charge is -2.00. The van der Waals surface area contributed by atoms with Crippen molar-refractivity contribution in [2.24, 2.45) is 0 Å². The topological polar surface area (TPSA) is 44.0 Å². The van der Waals surface area contributed by atoms with Gasteiger partial charge in [0.15, 0.2) is 0 Å². The average Bonchev–Trinajstić information content (AvgIpc) is 2.21. The molecule has 0 amide bonds. The van der Waals surface area contributed by atoms with Gasteiger partial charge < -0.3 is 5.11 Å². The highest BCUT2D eigenvalue weighted by molar-refractivity contribution is 5.41. The van der Waals surface area contributed by atoms with Gasteiger partial charge in [-0.25, -0.2) is 0 Å². The molecule has 1 rings (SSSR count). The Bertz CT molecular complexity index is 393. The summed E-state index contributed by atoms with van der Waals surface area (Å²) in [4.78, 5) is 0. The molecule has 0 unspecified atom stereocenters. The standard InChI is InChI=1S/C12H11NO/c13-9-4-3-7-11-5-1-2-6-12(11)8-10-14/h1-2,5-6,14H,4,8,10H2. The molecule has 0 aliphatic carbocycles. The first-order valence-corrected chi connectivity index (χ1v) is 4.43. The van der Waals surface area contributed by atoms with Crippen molar-refractivity contribution in [1.29, 1.82) is 5.26 Å². The molecular weight excluding hydrogens is 174 g/mol. The number of benzene rings is 1. The fourth-order valence-electron chi connectivity index (χ4n) is 1.16. The van der Waals surface area contributed by atoms with Crippen LogP contribution in [0.15, 0.2) is 24.3 Å². The second-order valence-corrected chi connectivity index (χ2v) is 2.77. The van der Waals surface area contributed by atoms with Crippen LogP contribution in [-0.2, 0) is 6.42 Å². The van der Waals surface area contributed by atoms with Gasteiger partial charge in [0.05, 0.1) is 12.5 Å². The maximum absolute atomic E-state index is 8.82. The zero-order valence-corrected chi connectivity index (χ0v) is 7.83. The molecule has 2 heteroatoms. The molecule has 70 valence electrons. The zero-order valence-electron chi connectivity index (χ0n) is 7.83. The number of aliphatic hydroxyl groups is 1. The molecule has 0 saturated heterocycles. The first-order valence-electron chi connectivity index (χ1n) is 4.43. The van der Waals surface area contributed by atoms with Crippen LogP contribution in [-0.4, -0.2) is 11.7 Å². The largest absolute Gasteiger partial charge is 0.396 e. The highest BCUT2D eigenvalue weighted by atomic mass is 16.2. The lowest BCUT2D eigenvalue weighted by Crippen LogP contribution is -1.93. The van der Waals surface area contributed by atoms with Gasteiger partial charge in [-0.15, -0.1) is 0 Å². The quantitative estimate of drug-likeness (QED) is 0.709. The number of hydrogen-bond donors (Lipinski definition) is 1. The Balaban J connectivity index is 2.86. The van der Waals surface area contributed by atoms with E-state index in [1.54, 1.807) is 0 Å². The van der Waals surface area contributed by atoms with Crippen molar-refractivity contribution in [1.82, 2.24) is 0 Å². The van der Waals surface area contributed by atoms with E-state index < -0.39 is 0 Å². The average molecular weight is 185 g/mol. The van der Waals surface area contributed by atoms with E-state index >= 15 is 0 Å². The van der Waals surface area contributed by atoms with Crippen molar-refractivity contribution >= 4 is 0 Å². The Morgan fingerprint density at radius 2 is 2.07 bits per heavy atom. The van der Waals surface area contributed by atoms with Crippen molar-refractivity contribution in [3.63, 3.8) is 0 Å². The highest BCUT2D eigenvalue weighted by Gasteiger charge is 1.96. The van der Waals surface area contributed by atoms with Crippen molar-refractivity contribution in [3.05, 3.63) is 35.4 Å². The third kappa shape index (κ3) is 2.94. The minimum absolute atomic E-state index is 0.122. The molecule has 0 aliphatic heterocycles. The summed E-state index contributed by atoms with van der Waals surface area (Å²) in [6.07, 6.45) is 0.852. The smallest absolute Gasteiger partial charge is 0.0966 e. The molecule has 1 aromatic carbocycles. The van der Waals surface area contributed by atoms with Crippen LogP contribution in [0.5, 0.6) is 0 Å². The number of hydrogen-bond acceptors (Lipinski definition) is 2. The van der Waals surface area contributed by atoms with Gasteiger partial charge in [-0.05, 0) is 18.1 Å². The summed E-state index contributed by atoms with van der Waals surface area (Å²) in [5.74, 6) is 5.67. The molecule has 0 saturated carbocycles. The fraction of sp³-hybridized carbons (Fsp3) is 0.250. The van der Waals surface area contributed by atoms with Gasteiger partial charge in [0.2, 0.25) is 0 Å². The van der Waals surface area contributed by atoms with E-state index in [9.17, 15) is 0 Å². The summed E-state index contributed by atoms with van der Waals surface area (Å²) in [5.41, 5.74) is 1.93. The third-order valence-corrected chi connectivity index (χ3v) is 1.79. The molecule has 14 heavy (non-hydrogen) atoms. The Labute approximate surface area is 83.8 Å². The molecule has 0 bridgehead atoms. The third-order valence-electron chi connectivity index (χ3n) is 1.79. The van der Waals surface area contributed by atoms with Crippen molar-refractivity contribution in [2.75, 3.05) is 6.61 Å². The first-order chi connectivity index (χ1) is 6.88. The van der Waals surface area contributed by atoms with Crippen LogP contribution in [0.25, 0.3) is 0 Å². The maximum atomic E-state index is 8.82. The van der Waals surface area contributed by atoms with E-state index in [1.807, 2.05) is 30.3 Å². The van der Waals surface area contributed by atoms with Crippen LogP contribution < -0.4 is 0 Å². The van der Waals surface area contributed by atoms with Crippen LogP contribution in [0.3, 0.4) is 0 Å². The van der Waals surface area contributed by atoms with Crippen molar-refractivity contribution < 1.29 is 5.11 Å². The molecule has 0 aromatic heterocycles. The monoisotopic (exact) mass is 185 g/mol. The van der Waals surface area contributed by atoms with Crippen molar-refractivity contribution in [2.45, 2.75) is 12.8 Å². The molecule has 0 heterocycles. The van der Waals surface area contributed by atoms with E-state index in [1.165, 1.54) is 0 Å². The first kappa shape index (κ1) is 10.3. The van der Waals surface area contributed by atoms with Crippen LogP contribution >= 0.6 is 0 Å². The van der Waals surface area contributed by atoms with Gasteiger partial charge in [-0.2, -0.15) is 5.26 Å².